The summed E-state index contributed by atoms with van der Waals surface area (Å²) in [6.45, 7) is 7.70. The summed E-state index contributed by atoms with van der Waals surface area (Å²) in [6, 6.07) is 8.10. The number of nitrogens with zero attached hydrogens (tertiary/aromatic N) is 1. The SMILES string of the molecule is CCN(Cc1ccccc1NC(=O)[C@H]1CCN[C@@H](C)C1)C(C)=O. The van der Waals surface area contributed by atoms with Gasteiger partial charge in [0.05, 0.1) is 0 Å². The van der Waals surface area contributed by atoms with Crippen molar-refractivity contribution in [2.45, 2.75) is 46.2 Å². The maximum absolute atomic E-state index is 12.5. The zero-order valence-electron chi connectivity index (χ0n) is 14.3. The van der Waals surface area contributed by atoms with E-state index in [1.807, 2.05) is 31.2 Å². The fraction of sp³-hybridized carbons (Fsp3) is 0.556. The molecule has 0 saturated carbocycles. The van der Waals surface area contributed by atoms with E-state index in [0.717, 1.165) is 30.6 Å². The van der Waals surface area contributed by atoms with Crippen LogP contribution < -0.4 is 10.6 Å². The van der Waals surface area contributed by atoms with Gasteiger partial charge in [0.15, 0.2) is 0 Å². The van der Waals surface area contributed by atoms with Crippen LogP contribution in [0.4, 0.5) is 5.69 Å². The summed E-state index contributed by atoms with van der Waals surface area (Å²) < 4.78 is 0. The van der Waals surface area contributed by atoms with Crippen molar-refractivity contribution in [3.63, 3.8) is 0 Å². The standard InChI is InChI=1S/C18H27N3O2/c1-4-21(14(3)22)12-16-7-5-6-8-17(16)20-18(23)15-9-10-19-13(2)11-15/h5-8,13,15,19H,4,9-12H2,1-3H3,(H,20,23)/t13-,15-/m0/s1. The highest BCUT2D eigenvalue weighted by atomic mass is 16.2. The van der Waals surface area contributed by atoms with E-state index in [4.69, 9.17) is 0 Å². The highest BCUT2D eigenvalue weighted by molar-refractivity contribution is 5.93. The third kappa shape index (κ3) is 4.79. The Balaban J connectivity index is 2.07. The van der Waals surface area contributed by atoms with Crippen LogP contribution in [0.25, 0.3) is 0 Å². The van der Waals surface area contributed by atoms with Crippen LogP contribution in [0.2, 0.25) is 0 Å². The molecule has 0 aromatic heterocycles. The first-order chi connectivity index (χ1) is 11.0. The normalized spacial score (nSPS) is 20.8. The van der Waals surface area contributed by atoms with Gasteiger partial charge in [0.25, 0.3) is 0 Å². The molecule has 1 aliphatic heterocycles. The van der Waals surface area contributed by atoms with E-state index >= 15 is 0 Å². The monoisotopic (exact) mass is 317 g/mol. The zero-order chi connectivity index (χ0) is 16.8. The number of carbonyl (C=O) groups excluding carboxylic acids is 2. The van der Waals surface area contributed by atoms with E-state index in [-0.39, 0.29) is 17.7 Å². The van der Waals surface area contributed by atoms with Gasteiger partial charge in [-0.25, -0.2) is 0 Å². The summed E-state index contributed by atoms with van der Waals surface area (Å²) >= 11 is 0. The smallest absolute Gasteiger partial charge is 0.227 e. The van der Waals surface area contributed by atoms with Crippen molar-refractivity contribution in [1.29, 1.82) is 0 Å². The van der Waals surface area contributed by atoms with Gasteiger partial charge in [0.1, 0.15) is 0 Å². The Morgan fingerprint density at radius 2 is 2.09 bits per heavy atom. The van der Waals surface area contributed by atoms with E-state index in [1.165, 1.54) is 0 Å². The van der Waals surface area contributed by atoms with Crippen molar-refractivity contribution in [1.82, 2.24) is 10.2 Å². The summed E-state index contributed by atoms with van der Waals surface area (Å²) in [6.07, 6.45) is 1.73. The molecular weight excluding hydrogens is 290 g/mol. The third-order valence-corrected chi connectivity index (χ3v) is 4.46. The van der Waals surface area contributed by atoms with Gasteiger partial charge in [-0.3, -0.25) is 9.59 Å². The van der Waals surface area contributed by atoms with Crippen molar-refractivity contribution in [3.8, 4) is 0 Å². The van der Waals surface area contributed by atoms with Crippen molar-refractivity contribution in [2.75, 3.05) is 18.4 Å². The Labute approximate surface area is 138 Å². The Bertz CT molecular complexity index is 559. The molecule has 0 bridgehead atoms. The molecule has 23 heavy (non-hydrogen) atoms. The van der Waals surface area contributed by atoms with Crippen molar-refractivity contribution < 1.29 is 9.59 Å². The summed E-state index contributed by atoms with van der Waals surface area (Å²) in [5.41, 5.74) is 1.78. The average molecular weight is 317 g/mol. The van der Waals surface area contributed by atoms with Crippen LogP contribution in [0, 0.1) is 5.92 Å². The predicted molar refractivity (Wildman–Crippen MR) is 92.0 cm³/mol. The molecule has 2 rings (SSSR count). The molecule has 0 spiro atoms. The topological polar surface area (TPSA) is 61.4 Å². The second-order valence-electron chi connectivity index (χ2n) is 6.26. The van der Waals surface area contributed by atoms with Gasteiger partial charge < -0.3 is 15.5 Å². The third-order valence-electron chi connectivity index (χ3n) is 4.46. The quantitative estimate of drug-likeness (QED) is 0.876. The van der Waals surface area contributed by atoms with E-state index in [9.17, 15) is 9.59 Å². The molecule has 5 heteroatoms. The van der Waals surface area contributed by atoms with E-state index in [2.05, 4.69) is 17.6 Å². The minimum Gasteiger partial charge on any atom is -0.339 e. The largest absolute Gasteiger partial charge is 0.339 e. The Kier molecular flexibility index (Phi) is 6.16. The summed E-state index contributed by atoms with van der Waals surface area (Å²) in [5.74, 6) is 0.173. The molecule has 0 radical (unpaired) electrons. The molecule has 1 heterocycles. The predicted octanol–water partition coefficient (Wildman–Crippen LogP) is 2.38. The first-order valence-electron chi connectivity index (χ1n) is 8.39. The molecule has 1 saturated heterocycles. The molecule has 126 valence electrons. The van der Waals surface area contributed by atoms with Gasteiger partial charge in [-0.2, -0.15) is 0 Å². The maximum Gasteiger partial charge on any atom is 0.227 e. The number of hydrogen-bond donors (Lipinski definition) is 2. The van der Waals surface area contributed by atoms with Crippen LogP contribution in [0.15, 0.2) is 24.3 Å². The molecule has 1 aromatic carbocycles. The number of rotatable bonds is 5. The van der Waals surface area contributed by atoms with Crippen molar-refractivity contribution >= 4 is 17.5 Å². The zero-order valence-corrected chi connectivity index (χ0v) is 14.3. The maximum atomic E-state index is 12.5. The minimum absolute atomic E-state index is 0.0424. The summed E-state index contributed by atoms with van der Waals surface area (Å²) in [5, 5.41) is 6.43. The van der Waals surface area contributed by atoms with Gasteiger partial charge in [0, 0.05) is 37.7 Å². The van der Waals surface area contributed by atoms with Gasteiger partial charge in [-0.1, -0.05) is 18.2 Å². The fourth-order valence-electron chi connectivity index (χ4n) is 3.04. The number of anilines is 1. The second-order valence-corrected chi connectivity index (χ2v) is 6.26. The highest BCUT2D eigenvalue weighted by Gasteiger charge is 2.25. The molecule has 5 nitrogen and oxygen atoms in total. The lowest BCUT2D eigenvalue weighted by Crippen LogP contribution is -2.40. The van der Waals surface area contributed by atoms with E-state index < -0.39 is 0 Å². The molecule has 1 aromatic rings. The average Bonchev–Trinajstić information content (AvgIpc) is 2.53. The molecular formula is C18H27N3O2. The summed E-state index contributed by atoms with van der Waals surface area (Å²) in [4.78, 5) is 25.9. The number of piperidine rings is 1. The van der Waals surface area contributed by atoms with Gasteiger partial charge in [-0.05, 0) is 44.9 Å². The Morgan fingerprint density at radius 1 is 1.35 bits per heavy atom. The first-order valence-corrected chi connectivity index (χ1v) is 8.39. The van der Waals surface area contributed by atoms with Crippen LogP contribution in [-0.2, 0) is 16.1 Å². The van der Waals surface area contributed by atoms with E-state index in [0.29, 0.717) is 19.1 Å². The van der Waals surface area contributed by atoms with Gasteiger partial charge in [-0.15, -0.1) is 0 Å². The molecule has 2 atom stereocenters. The summed E-state index contributed by atoms with van der Waals surface area (Å²) in [7, 11) is 0. The lowest BCUT2D eigenvalue weighted by atomic mass is 9.92. The highest BCUT2D eigenvalue weighted by Crippen LogP contribution is 2.22. The number of para-hydroxylation sites is 1. The fourth-order valence-corrected chi connectivity index (χ4v) is 3.04. The molecule has 2 N–H and O–H groups in total. The van der Waals surface area contributed by atoms with Gasteiger partial charge >= 0.3 is 0 Å². The molecule has 0 unspecified atom stereocenters. The molecule has 1 fully saturated rings. The molecule has 1 aliphatic rings. The number of hydrogen-bond acceptors (Lipinski definition) is 3. The second kappa shape index (κ2) is 8.11. The van der Waals surface area contributed by atoms with Crippen molar-refractivity contribution in [3.05, 3.63) is 29.8 Å². The first kappa shape index (κ1) is 17.5. The lowest BCUT2D eigenvalue weighted by molar-refractivity contribution is -0.129. The Morgan fingerprint density at radius 3 is 2.74 bits per heavy atom. The Hall–Kier alpha value is -1.88. The van der Waals surface area contributed by atoms with Crippen LogP contribution in [-0.4, -0.2) is 35.8 Å². The molecule has 0 aliphatic carbocycles. The lowest BCUT2D eigenvalue weighted by Gasteiger charge is -2.27. The number of benzene rings is 1. The number of amides is 2. The van der Waals surface area contributed by atoms with Crippen LogP contribution >= 0.6 is 0 Å². The van der Waals surface area contributed by atoms with Crippen LogP contribution in [0.3, 0.4) is 0 Å². The molecule has 2 amide bonds. The van der Waals surface area contributed by atoms with E-state index in [1.54, 1.807) is 11.8 Å². The van der Waals surface area contributed by atoms with Crippen molar-refractivity contribution in [2.24, 2.45) is 5.92 Å². The number of nitrogens with one attached hydrogen (secondary N) is 2. The minimum atomic E-state index is 0.0424. The number of carbonyl (C=O) groups is 2. The van der Waals surface area contributed by atoms with Gasteiger partial charge in [0.2, 0.25) is 11.8 Å². The van der Waals surface area contributed by atoms with Crippen LogP contribution in [0.5, 0.6) is 0 Å². The van der Waals surface area contributed by atoms with Crippen LogP contribution in [0.1, 0.15) is 39.2 Å².